The first kappa shape index (κ1) is 14.1. The summed E-state index contributed by atoms with van der Waals surface area (Å²) in [7, 11) is 0. The lowest BCUT2D eigenvalue weighted by molar-refractivity contribution is -0.143. The summed E-state index contributed by atoms with van der Waals surface area (Å²) >= 11 is 0. The highest BCUT2D eigenvalue weighted by Crippen LogP contribution is 2.30. The average molecular weight is 264 g/mol. The van der Waals surface area contributed by atoms with E-state index < -0.39 is 0 Å². The van der Waals surface area contributed by atoms with Crippen LogP contribution in [-0.2, 0) is 22.5 Å². The highest BCUT2D eigenvalue weighted by molar-refractivity contribution is 5.69. The van der Waals surface area contributed by atoms with Crippen molar-refractivity contribution in [3.63, 3.8) is 0 Å². The highest BCUT2D eigenvalue weighted by Gasteiger charge is 2.21. The first-order valence-corrected chi connectivity index (χ1v) is 7.32. The fraction of sp³-hybridized carbons (Fsp3) is 0.667. The van der Waals surface area contributed by atoms with Gasteiger partial charge in [0.2, 0.25) is 0 Å². The number of nitrogens with one attached hydrogen (secondary N) is 1. The predicted octanol–water partition coefficient (Wildman–Crippen LogP) is 2.43. The lowest BCUT2D eigenvalue weighted by atomic mass is 9.91. The van der Waals surface area contributed by atoms with Crippen LogP contribution in [0.4, 0.5) is 0 Å². The van der Waals surface area contributed by atoms with Crippen LogP contribution in [0.5, 0.6) is 0 Å². The number of carbonyl (C=O) groups excluding carboxylic acids is 1. The molecule has 106 valence electrons. The molecule has 0 saturated heterocycles. The topological polar surface area (TPSA) is 43.3 Å². The first-order valence-electron chi connectivity index (χ1n) is 7.32. The van der Waals surface area contributed by atoms with E-state index in [1.807, 2.05) is 11.5 Å². The average Bonchev–Trinajstić information content (AvgIpc) is 2.79. The molecule has 19 heavy (non-hydrogen) atoms. The van der Waals surface area contributed by atoms with Crippen molar-refractivity contribution in [2.45, 2.75) is 52.1 Å². The van der Waals surface area contributed by atoms with Crippen LogP contribution in [0.1, 0.15) is 50.3 Å². The smallest absolute Gasteiger partial charge is 0.325 e. The Morgan fingerprint density at radius 1 is 1.47 bits per heavy atom. The zero-order valence-corrected chi connectivity index (χ0v) is 11.9. The number of nitrogens with zero attached hydrogens (tertiary/aromatic N) is 1. The van der Waals surface area contributed by atoms with Gasteiger partial charge in [0.05, 0.1) is 6.61 Å². The fourth-order valence-electron chi connectivity index (χ4n) is 2.73. The van der Waals surface area contributed by atoms with Gasteiger partial charge in [-0.1, -0.05) is 6.92 Å². The molecule has 1 aromatic rings. The van der Waals surface area contributed by atoms with E-state index in [1.165, 1.54) is 24.0 Å². The Balaban J connectivity index is 2.05. The molecule has 0 saturated carbocycles. The molecule has 0 fully saturated rings. The van der Waals surface area contributed by atoms with E-state index in [-0.39, 0.29) is 5.97 Å². The number of esters is 1. The Kier molecular flexibility index (Phi) is 5.02. The molecule has 0 bridgehead atoms. The van der Waals surface area contributed by atoms with Gasteiger partial charge in [-0.25, -0.2) is 0 Å². The number of fused-ring (bicyclic) bond motifs is 1. The van der Waals surface area contributed by atoms with Crippen molar-refractivity contribution in [2.75, 3.05) is 13.2 Å². The maximum absolute atomic E-state index is 11.5. The monoisotopic (exact) mass is 264 g/mol. The summed E-state index contributed by atoms with van der Waals surface area (Å²) in [5.41, 5.74) is 2.74. The molecule has 1 atom stereocenters. The van der Waals surface area contributed by atoms with Crippen LogP contribution in [0.2, 0.25) is 0 Å². The van der Waals surface area contributed by atoms with Gasteiger partial charge >= 0.3 is 5.97 Å². The molecule has 1 aliphatic rings. The summed E-state index contributed by atoms with van der Waals surface area (Å²) in [6.07, 6.45) is 8.89. The van der Waals surface area contributed by atoms with Crippen molar-refractivity contribution in [1.82, 2.24) is 9.88 Å². The van der Waals surface area contributed by atoms with Crippen LogP contribution >= 0.6 is 0 Å². The maximum atomic E-state index is 11.5. The molecule has 0 aliphatic heterocycles. The Morgan fingerprint density at radius 2 is 2.32 bits per heavy atom. The zero-order valence-electron chi connectivity index (χ0n) is 11.9. The maximum Gasteiger partial charge on any atom is 0.325 e. The molecule has 0 aromatic carbocycles. The van der Waals surface area contributed by atoms with E-state index in [0.717, 1.165) is 19.4 Å². The minimum Gasteiger partial charge on any atom is -0.465 e. The summed E-state index contributed by atoms with van der Waals surface area (Å²) in [5, 5.41) is 3.59. The summed E-state index contributed by atoms with van der Waals surface area (Å²) < 4.78 is 6.96. The Bertz CT molecular complexity index is 426. The number of ether oxygens (including phenoxy) is 1. The van der Waals surface area contributed by atoms with Gasteiger partial charge in [0.1, 0.15) is 6.54 Å². The first-order chi connectivity index (χ1) is 9.24. The van der Waals surface area contributed by atoms with Gasteiger partial charge in [-0.15, -0.1) is 0 Å². The molecular formula is C15H24N2O2. The molecular weight excluding hydrogens is 240 g/mol. The summed E-state index contributed by atoms with van der Waals surface area (Å²) in [5.74, 6) is -0.159. The molecule has 4 heteroatoms. The van der Waals surface area contributed by atoms with Gasteiger partial charge in [0.25, 0.3) is 0 Å². The second-order valence-electron chi connectivity index (χ2n) is 5.12. The van der Waals surface area contributed by atoms with E-state index >= 15 is 0 Å². The van der Waals surface area contributed by atoms with Crippen molar-refractivity contribution in [1.29, 1.82) is 0 Å². The van der Waals surface area contributed by atoms with Crippen LogP contribution in [0.15, 0.2) is 12.4 Å². The number of rotatable bonds is 6. The van der Waals surface area contributed by atoms with E-state index in [2.05, 4.69) is 24.6 Å². The fourth-order valence-corrected chi connectivity index (χ4v) is 2.73. The third kappa shape index (κ3) is 3.60. The Hall–Kier alpha value is -1.29. The number of hydrogen-bond donors (Lipinski definition) is 1. The highest BCUT2D eigenvalue weighted by atomic mass is 16.5. The molecule has 2 rings (SSSR count). The van der Waals surface area contributed by atoms with E-state index in [0.29, 0.717) is 19.2 Å². The van der Waals surface area contributed by atoms with Crippen LogP contribution in [-0.4, -0.2) is 23.7 Å². The van der Waals surface area contributed by atoms with Crippen LogP contribution in [0.25, 0.3) is 0 Å². The predicted molar refractivity (Wildman–Crippen MR) is 75.0 cm³/mol. The Labute approximate surface area is 115 Å². The minimum atomic E-state index is -0.159. The molecule has 0 radical (unpaired) electrons. The number of carbonyl (C=O) groups is 1. The lowest BCUT2D eigenvalue weighted by Gasteiger charge is -2.23. The second kappa shape index (κ2) is 6.75. The van der Waals surface area contributed by atoms with Crippen LogP contribution in [0.3, 0.4) is 0 Å². The van der Waals surface area contributed by atoms with E-state index in [9.17, 15) is 4.79 Å². The summed E-state index contributed by atoms with van der Waals surface area (Å²) in [6.45, 7) is 5.83. The van der Waals surface area contributed by atoms with Crippen LogP contribution in [0, 0.1) is 0 Å². The van der Waals surface area contributed by atoms with Crippen molar-refractivity contribution in [2.24, 2.45) is 0 Å². The summed E-state index contributed by atoms with van der Waals surface area (Å²) in [4.78, 5) is 11.5. The Morgan fingerprint density at radius 3 is 3.05 bits per heavy atom. The molecule has 4 nitrogen and oxygen atoms in total. The molecule has 1 heterocycles. The van der Waals surface area contributed by atoms with E-state index in [4.69, 9.17) is 4.74 Å². The van der Waals surface area contributed by atoms with Crippen molar-refractivity contribution >= 4 is 5.97 Å². The number of aryl methyl sites for hydroxylation is 1. The van der Waals surface area contributed by atoms with Gasteiger partial charge in [-0.2, -0.15) is 0 Å². The van der Waals surface area contributed by atoms with E-state index in [1.54, 1.807) is 0 Å². The van der Waals surface area contributed by atoms with Crippen molar-refractivity contribution < 1.29 is 9.53 Å². The van der Waals surface area contributed by atoms with Crippen LogP contribution < -0.4 is 5.32 Å². The van der Waals surface area contributed by atoms with Gasteiger partial charge in [-0.3, -0.25) is 4.79 Å². The van der Waals surface area contributed by atoms with Gasteiger partial charge < -0.3 is 14.6 Å². The van der Waals surface area contributed by atoms with Gasteiger partial charge in [0, 0.05) is 18.4 Å². The van der Waals surface area contributed by atoms with Crippen molar-refractivity contribution in [3.05, 3.63) is 23.5 Å². The third-order valence-corrected chi connectivity index (χ3v) is 3.57. The SMILES string of the molecule is CCCNC1CCCc2cn(CC(=O)OCC)cc21. The molecule has 1 aromatic heterocycles. The minimum absolute atomic E-state index is 0.159. The largest absolute Gasteiger partial charge is 0.465 e. The number of aromatic nitrogens is 1. The standard InChI is InChI=1S/C15H24N2O2/c1-3-8-16-14-7-5-6-12-9-17(10-13(12)14)11-15(18)19-4-2/h9-10,14,16H,3-8,11H2,1-2H3. The molecule has 0 spiro atoms. The molecule has 1 aliphatic carbocycles. The zero-order chi connectivity index (χ0) is 13.7. The third-order valence-electron chi connectivity index (χ3n) is 3.57. The summed E-state index contributed by atoms with van der Waals surface area (Å²) in [6, 6.07) is 0.451. The molecule has 0 amide bonds. The molecule has 1 unspecified atom stereocenters. The normalized spacial score (nSPS) is 18.1. The quantitative estimate of drug-likeness (QED) is 0.802. The van der Waals surface area contributed by atoms with Gasteiger partial charge in [-0.05, 0) is 50.3 Å². The lowest BCUT2D eigenvalue weighted by Crippen LogP contribution is -2.25. The second-order valence-corrected chi connectivity index (χ2v) is 5.12. The van der Waals surface area contributed by atoms with Crippen molar-refractivity contribution in [3.8, 4) is 0 Å². The number of hydrogen-bond acceptors (Lipinski definition) is 3. The molecule has 1 N–H and O–H groups in total. The van der Waals surface area contributed by atoms with Gasteiger partial charge in [0.15, 0.2) is 0 Å².